The SMILES string of the molecule is COC(=O)C(NCC(=O)N(C)C)C1CC1. The number of nitrogens with one attached hydrogen (secondary N) is 1. The van der Waals surface area contributed by atoms with Crippen LogP contribution in [-0.4, -0.2) is 50.6 Å². The first kappa shape index (κ1) is 12.0. The standard InChI is InChI=1S/C10H18N2O3/c1-12(2)8(13)6-11-9(7-4-5-7)10(14)15-3/h7,9,11H,4-6H2,1-3H3. The molecule has 86 valence electrons. The molecule has 1 atom stereocenters. The van der Waals surface area contributed by atoms with Gasteiger partial charge in [-0.1, -0.05) is 0 Å². The van der Waals surface area contributed by atoms with Crippen LogP contribution in [0, 0.1) is 5.92 Å². The van der Waals surface area contributed by atoms with E-state index in [9.17, 15) is 9.59 Å². The number of carbonyl (C=O) groups is 2. The van der Waals surface area contributed by atoms with Crippen LogP contribution in [0.15, 0.2) is 0 Å². The fourth-order valence-corrected chi connectivity index (χ4v) is 1.35. The van der Waals surface area contributed by atoms with Crippen molar-refractivity contribution in [2.24, 2.45) is 5.92 Å². The summed E-state index contributed by atoms with van der Waals surface area (Å²) in [5.74, 6) is 0.0287. The topological polar surface area (TPSA) is 58.6 Å². The minimum Gasteiger partial charge on any atom is -0.468 e. The Morgan fingerprint density at radius 2 is 2.07 bits per heavy atom. The maximum atomic E-state index is 11.4. The van der Waals surface area contributed by atoms with Crippen LogP contribution in [0.2, 0.25) is 0 Å². The molecule has 1 aliphatic carbocycles. The maximum Gasteiger partial charge on any atom is 0.323 e. The van der Waals surface area contributed by atoms with E-state index in [2.05, 4.69) is 10.1 Å². The van der Waals surface area contributed by atoms with E-state index >= 15 is 0 Å². The van der Waals surface area contributed by atoms with Crippen LogP contribution in [-0.2, 0) is 14.3 Å². The van der Waals surface area contributed by atoms with E-state index in [1.807, 2.05) is 0 Å². The van der Waals surface area contributed by atoms with Gasteiger partial charge in [0.25, 0.3) is 0 Å². The summed E-state index contributed by atoms with van der Waals surface area (Å²) in [6, 6.07) is -0.320. The Morgan fingerprint density at radius 1 is 1.47 bits per heavy atom. The van der Waals surface area contributed by atoms with Gasteiger partial charge in [-0.05, 0) is 18.8 Å². The van der Waals surface area contributed by atoms with Crippen molar-refractivity contribution in [2.75, 3.05) is 27.7 Å². The van der Waals surface area contributed by atoms with Crippen LogP contribution in [0.1, 0.15) is 12.8 Å². The van der Waals surface area contributed by atoms with Crippen molar-refractivity contribution in [1.29, 1.82) is 0 Å². The predicted molar refractivity (Wildman–Crippen MR) is 55.2 cm³/mol. The van der Waals surface area contributed by atoms with E-state index in [4.69, 9.17) is 0 Å². The maximum absolute atomic E-state index is 11.4. The normalized spacial score (nSPS) is 17.0. The molecule has 0 aromatic heterocycles. The van der Waals surface area contributed by atoms with Gasteiger partial charge < -0.3 is 9.64 Å². The molecule has 0 aromatic carbocycles. The summed E-state index contributed by atoms with van der Waals surface area (Å²) in [5, 5.41) is 2.95. The smallest absolute Gasteiger partial charge is 0.323 e. The van der Waals surface area contributed by atoms with Crippen molar-refractivity contribution in [3.63, 3.8) is 0 Å². The molecule has 0 spiro atoms. The van der Waals surface area contributed by atoms with Crippen molar-refractivity contribution >= 4 is 11.9 Å². The highest BCUT2D eigenvalue weighted by atomic mass is 16.5. The molecule has 5 heteroatoms. The highest BCUT2D eigenvalue weighted by Gasteiger charge is 2.36. The Morgan fingerprint density at radius 3 is 2.47 bits per heavy atom. The molecular formula is C10H18N2O3. The average molecular weight is 214 g/mol. The van der Waals surface area contributed by atoms with E-state index in [0.29, 0.717) is 5.92 Å². The first-order valence-corrected chi connectivity index (χ1v) is 5.07. The molecule has 0 heterocycles. The molecule has 1 unspecified atom stereocenters. The van der Waals surface area contributed by atoms with Crippen LogP contribution in [0.25, 0.3) is 0 Å². The zero-order valence-electron chi connectivity index (χ0n) is 9.45. The minimum atomic E-state index is -0.320. The molecular weight excluding hydrogens is 196 g/mol. The number of amides is 1. The number of likely N-dealkylation sites (N-methyl/N-ethyl adjacent to an activating group) is 1. The van der Waals surface area contributed by atoms with E-state index in [0.717, 1.165) is 12.8 Å². The molecule has 1 fully saturated rings. The summed E-state index contributed by atoms with van der Waals surface area (Å²) in [6.45, 7) is 0.184. The van der Waals surface area contributed by atoms with E-state index < -0.39 is 0 Å². The monoisotopic (exact) mass is 214 g/mol. The molecule has 1 N–H and O–H groups in total. The third kappa shape index (κ3) is 3.51. The van der Waals surface area contributed by atoms with Crippen molar-refractivity contribution < 1.29 is 14.3 Å². The van der Waals surface area contributed by atoms with Gasteiger partial charge in [0.05, 0.1) is 13.7 Å². The summed E-state index contributed by atoms with van der Waals surface area (Å²) in [4.78, 5) is 24.2. The fourth-order valence-electron chi connectivity index (χ4n) is 1.35. The number of nitrogens with zero attached hydrogens (tertiary/aromatic N) is 1. The van der Waals surface area contributed by atoms with Gasteiger partial charge in [-0.15, -0.1) is 0 Å². The largest absolute Gasteiger partial charge is 0.468 e. The lowest BCUT2D eigenvalue weighted by molar-refractivity contribution is -0.143. The molecule has 1 amide bonds. The summed E-state index contributed by atoms with van der Waals surface area (Å²) in [6.07, 6.45) is 2.06. The summed E-state index contributed by atoms with van der Waals surface area (Å²) >= 11 is 0. The van der Waals surface area contributed by atoms with Gasteiger partial charge in [-0.2, -0.15) is 0 Å². The van der Waals surface area contributed by atoms with Gasteiger partial charge in [0.15, 0.2) is 0 Å². The minimum absolute atomic E-state index is 0.0375. The second-order valence-electron chi connectivity index (χ2n) is 4.01. The second-order valence-corrected chi connectivity index (χ2v) is 4.01. The van der Waals surface area contributed by atoms with Gasteiger partial charge in [0.2, 0.25) is 5.91 Å². The highest BCUT2D eigenvalue weighted by Crippen LogP contribution is 2.33. The summed E-state index contributed by atoms with van der Waals surface area (Å²) in [5.41, 5.74) is 0. The fraction of sp³-hybridized carbons (Fsp3) is 0.800. The van der Waals surface area contributed by atoms with E-state index in [-0.39, 0.29) is 24.5 Å². The Labute approximate surface area is 89.8 Å². The van der Waals surface area contributed by atoms with Gasteiger partial charge in [0, 0.05) is 14.1 Å². The first-order valence-electron chi connectivity index (χ1n) is 5.07. The lowest BCUT2D eigenvalue weighted by Gasteiger charge is -2.17. The Bertz CT molecular complexity index is 249. The van der Waals surface area contributed by atoms with Crippen molar-refractivity contribution in [3.05, 3.63) is 0 Å². The Balaban J connectivity index is 2.38. The lowest BCUT2D eigenvalue weighted by atomic mass is 10.2. The number of rotatable bonds is 5. The molecule has 0 radical (unpaired) electrons. The molecule has 15 heavy (non-hydrogen) atoms. The molecule has 0 aliphatic heterocycles. The lowest BCUT2D eigenvalue weighted by Crippen LogP contribution is -2.44. The molecule has 0 bridgehead atoms. The van der Waals surface area contributed by atoms with Crippen molar-refractivity contribution in [3.8, 4) is 0 Å². The molecule has 1 aliphatic rings. The number of carbonyl (C=O) groups excluding carboxylic acids is 2. The van der Waals surface area contributed by atoms with Crippen LogP contribution in [0.5, 0.6) is 0 Å². The quantitative estimate of drug-likeness (QED) is 0.634. The van der Waals surface area contributed by atoms with Crippen molar-refractivity contribution in [2.45, 2.75) is 18.9 Å². The molecule has 1 saturated carbocycles. The molecule has 0 aromatic rings. The van der Waals surface area contributed by atoms with Crippen LogP contribution < -0.4 is 5.32 Å². The van der Waals surface area contributed by atoms with Gasteiger partial charge >= 0.3 is 5.97 Å². The zero-order chi connectivity index (χ0) is 11.4. The average Bonchev–Trinajstić information content (AvgIpc) is 3.01. The van der Waals surface area contributed by atoms with E-state index in [1.165, 1.54) is 12.0 Å². The highest BCUT2D eigenvalue weighted by molar-refractivity contribution is 5.80. The van der Waals surface area contributed by atoms with Crippen LogP contribution >= 0.6 is 0 Å². The van der Waals surface area contributed by atoms with Gasteiger partial charge in [-0.3, -0.25) is 14.9 Å². The second kappa shape index (κ2) is 5.11. The summed E-state index contributed by atoms with van der Waals surface area (Å²) in [7, 11) is 4.75. The van der Waals surface area contributed by atoms with Crippen LogP contribution in [0.4, 0.5) is 0 Å². The van der Waals surface area contributed by atoms with Crippen LogP contribution in [0.3, 0.4) is 0 Å². The Kier molecular flexibility index (Phi) is 4.08. The number of hydrogen-bond donors (Lipinski definition) is 1. The predicted octanol–water partition coefficient (Wildman–Crippen LogP) is -0.384. The summed E-state index contributed by atoms with van der Waals surface area (Å²) < 4.78 is 4.68. The van der Waals surface area contributed by atoms with E-state index in [1.54, 1.807) is 14.1 Å². The number of ether oxygens (including phenoxy) is 1. The van der Waals surface area contributed by atoms with Gasteiger partial charge in [0.1, 0.15) is 6.04 Å². The van der Waals surface area contributed by atoms with Crippen molar-refractivity contribution in [1.82, 2.24) is 10.2 Å². The number of esters is 1. The molecule has 5 nitrogen and oxygen atoms in total. The Hall–Kier alpha value is -1.10. The molecule has 0 saturated heterocycles. The third-order valence-electron chi connectivity index (χ3n) is 2.52. The number of hydrogen-bond acceptors (Lipinski definition) is 4. The third-order valence-corrected chi connectivity index (χ3v) is 2.52. The first-order chi connectivity index (χ1) is 7.06. The molecule has 1 rings (SSSR count). The number of methoxy groups -OCH3 is 1. The zero-order valence-corrected chi connectivity index (χ0v) is 9.45. The van der Waals surface area contributed by atoms with Gasteiger partial charge in [-0.25, -0.2) is 0 Å².